The number of carbonyl (C=O) groups excluding carboxylic acids is 2. The molecule has 0 radical (unpaired) electrons. The van der Waals surface area contributed by atoms with Crippen LogP contribution in [0.4, 0.5) is 5.69 Å². The van der Waals surface area contributed by atoms with Crippen LogP contribution in [-0.2, 0) is 11.3 Å². The van der Waals surface area contributed by atoms with Crippen molar-refractivity contribution in [3.63, 3.8) is 0 Å². The van der Waals surface area contributed by atoms with Crippen LogP contribution < -0.4 is 24.8 Å². The molecule has 0 saturated carbocycles. The smallest absolute Gasteiger partial charge is 0.262 e. The molecule has 0 atom stereocenters. The summed E-state index contributed by atoms with van der Waals surface area (Å²) >= 11 is 0. The Morgan fingerprint density at radius 1 is 0.900 bits per heavy atom. The third-order valence-corrected chi connectivity index (χ3v) is 4.45. The number of benzene rings is 3. The van der Waals surface area contributed by atoms with Crippen molar-refractivity contribution in [3.05, 3.63) is 83.9 Å². The van der Waals surface area contributed by atoms with Crippen LogP contribution in [0.1, 0.15) is 15.9 Å². The maximum atomic E-state index is 12.7. The molecule has 0 aromatic heterocycles. The molecule has 1 heterocycles. The van der Waals surface area contributed by atoms with E-state index in [1.54, 1.807) is 36.4 Å². The monoisotopic (exact) mass is 404 g/mol. The first-order valence-corrected chi connectivity index (χ1v) is 9.42. The quantitative estimate of drug-likeness (QED) is 0.631. The van der Waals surface area contributed by atoms with Gasteiger partial charge in [-0.15, -0.1) is 0 Å². The lowest BCUT2D eigenvalue weighted by Gasteiger charge is -2.12. The van der Waals surface area contributed by atoms with Crippen LogP contribution >= 0.6 is 0 Å². The summed E-state index contributed by atoms with van der Waals surface area (Å²) in [6.45, 7) is 0.359. The number of para-hydroxylation sites is 2. The minimum absolute atomic E-state index is 0.156. The molecule has 0 aliphatic carbocycles. The standard InChI is InChI=1S/C23H20N2O5/c26-22(14-28-17-6-2-1-3-7-17)25-19-9-5-4-8-18(19)23(27)24-13-16-10-11-20-21(12-16)30-15-29-20/h1-12H,13-15H2,(H,24,27)(H,25,26). The molecule has 2 N–H and O–H groups in total. The number of rotatable bonds is 7. The molecule has 4 rings (SSSR count). The first kappa shape index (κ1) is 19.3. The largest absolute Gasteiger partial charge is 0.484 e. The van der Waals surface area contributed by atoms with Gasteiger partial charge in [0, 0.05) is 6.54 Å². The van der Waals surface area contributed by atoms with Gasteiger partial charge in [0.2, 0.25) is 6.79 Å². The first-order valence-electron chi connectivity index (χ1n) is 9.42. The van der Waals surface area contributed by atoms with Crippen LogP contribution in [0.3, 0.4) is 0 Å². The van der Waals surface area contributed by atoms with Crippen molar-refractivity contribution in [3.8, 4) is 17.2 Å². The highest BCUT2D eigenvalue weighted by Gasteiger charge is 2.16. The minimum atomic E-state index is -0.352. The Kier molecular flexibility index (Phi) is 5.80. The molecule has 1 aliphatic rings. The van der Waals surface area contributed by atoms with Gasteiger partial charge in [0.25, 0.3) is 11.8 Å². The molecular weight excluding hydrogens is 384 g/mol. The van der Waals surface area contributed by atoms with Crippen molar-refractivity contribution in [2.24, 2.45) is 0 Å². The molecular formula is C23H20N2O5. The topological polar surface area (TPSA) is 85.9 Å². The first-order chi connectivity index (χ1) is 14.7. The normalized spacial score (nSPS) is 11.6. The lowest BCUT2D eigenvalue weighted by molar-refractivity contribution is -0.118. The van der Waals surface area contributed by atoms with Gasteiger partial charge in [-0.1, -0.05) is 36.4 Å². The summed E-state index contributed by atoms with van der Waals surface area (Å²) in [6, 6.07) is 21.4. The number of hydrogen-bond acceptors (Lipinski definition) is 5. The van der Waals surface area contributed by atoms with Gasteiger partial charge in [-0.25, -0.2) is 0 Å². The van der Waals surface area contributed by atoms with E-state index >= 15 is 0 Å². The molecule has 30 heavy (non-hydrogen) atoms. The molecule has 0 bridgehead atoms. The Morgan fingerprint density at radius 3 is 2.53 bits per heavy atom. The molecule has 0 unspecified atom stereocenters. The fraction of sp³-hybridized carbons (Fsp3) is 0.130. The van der Waals surface area contributed by atoms with Gasteiger partial charge < -0.3 is 24.8 Å². The number of anilines is 1. The Balaban J connectivity index is 1.36. The summed E-state index contributed by atoms with van der Waals surface area (Å²) in [4.78, 5) is 24.9. The minimum Gasteiger partial charge on any atom is -0.484 e. The summed E-state index contributed by atoms with van der Waals surface area (Å²) in [7, 11) is 0. The van der Waals surface area contributed by atoms with Crippen LogP contribution in [0.5, 0.6) is 17.2 Å². The van der Waals surface area contributed by atoms with Crippen LogP contribution in [-0.4, -0.2) is 25.2 Å². The van der Waals surface area contributed by atoms with Gasteiger partial charge >= 0.3 is 0 Å². The second-order valence-corrected chi connectivity index (χ2v) is 6.57. The average molecular weight is 404 g/mol. The molecule has 0 saturated heterocycles. The van der Waals surface area contributed by atoms with E-state index in [4.69, 9.17) is 14.2 Å². The summed E-state index contributed by atoms with van der Waals surface area (Å²) < 4.78 is 16.1. The summed E-state index contributed by atoms with van der Waals surface area (Å²) in [6.07, 6.45) is 0. The molecule has 152 valence electrons. The molecule has 7 heteroatoms. The van der Waals surface area contributed by atoms with Gasteiger partial charge in [-0.2, -0.15) is 0 Å². The van der Waals surface area contributed by atoms with Crippen LogP contribution in [0.15, 0.2) is 72.8 Å². The summed E-state index contributed by atoms with van der Waals surface area (Å²) in [5.41, 5.74) is 1.67. The highest BCUT2D eigenvalue weighted by molar-refractivity contribution is 6.04. The Hall–Kier alpha value is -4.00. The van der Waals surface area contributed by atoms with E-state index in [2.05, 4.69) is 10.6 Å². The number of ether oxygens (including phenoxy) is 3. The second kappa shape index (κ2) is 9.00. The van der Waals surface area contributed by atoms with Crippen molar-refractivity contribution in [1.82, 2.24) is 5.32 Å². The van der Waals surface area contributed by atoms with E-state index in [-0.39, 0.29) is 25.2 Å². The van der Waals surface area contributed by atoms with E-state index < -0.39 is 0 Å². The second-order valence-electron chi connectivity index (χ2n) is 6.57. The van der Waals surface area contributed by atoms with Crippen LogP contribution in [0.25, 0.3) is 0 Å². The van der Waals surface area contributed by atoms with Gasteiger partial charge in [0.05, 0.1) is 11.3 Å². The van der Waals surface area contributed by atoms with Crippen molar-refractivity contribution >= 4 is 17.5 Å². The number of carbonyl (C=O) groups is 2. The molecule has 0 fully saturated rings. The van der Waals surface area contributed by atoms with Crippen molar-refractivity contribution in [2.75, 3.05) is 18.7 Å². The van der Waals surface area contributed by atoms with Gasteiger partial charge in [-0.3, -0.25) is 9.59 Å². The molecule has 0 spiro atoms. The third-order valence-electron chi connectivity index (χ3n) is 4.45. The van der Waals surface area contributed by atoms with E-state index in [1.807, 2.05) is 36.4 Å². The van der Waals surface area contributed by atoms with Gasteiger partial charge in [0.15, 0.2) is 18.1 Å². The molecule has 2 amide bonds. The van der Waals surface area contributed by atoms with E-state index in [0.717, 1.165) is 5.56 Å². The average Bonchev–Trinajstić information content (AvgIpc) is 3.25. The van der Waals surface area contributed by atoms with Gasteiger partial charge in [0.1, 0.15) is 5.75 Å². The number of amides is 2. The number of fused-ring (bicyclic) bond motifs is 1. The molecule has 3 aromatic carbocycles. The zero-order valence-electron chi connectivity index (χ0n) is 16.1. The van der Waals surface area contributed by atoms with E-state index in [9.17, 15) is 9.59 Å². The summed E-state index contributed by atoms with van der Waals surface area (Å²) in [5.74, 6) is 1.30. The van der Waals surface area contributed by atoms with Crippen LogP contribution in [0, 0.1) is 0 Å². The lowest BCUT2D eigenvalue weighted by atomic mass is 10.1. The zero-order valence-corrected chi connectivity index (χ0v) is 16.1. The Bertz CT molecular complexity index is 1050. The molecule has 3 aromatic rings. The predicted molar refractivity (Wildman–Crippen MR) is 111 cm³/mol. The fourth-order valence-corrected chi connectivity index (χ4v) is 2.97. The Labute approximate surface area is 173 Å². The fourth-order valence-electron chi connectivity index (χ4n) is 2.97. The van der Waals surface area contributed by atoms with E-state index in [0.29, 0.717) is 35.0 Å². The number of nitrogens with one attached hydrogen (secondary N) is 2. The maximum absolute atomic E-state index is 12.7. The molecule has 7 nitrogen and oxygen atoms in total. The zero-order chi connectivity index (χ0) is 20.8. The Morgan fingerprint density at radius 2 is 1.67 bits per heavy atom. The summed E-state index contributed by atoms with van der Waals surface area (Å²) in [5, 5.41) is 5.59. The van der Waals surface area contributed by atoms with E-state index in [1.165, 1.54) is 0 Å². The lowest BCUT2D eigenvalue weighted by Crippen LogP contribution is -2.26. The highest BCUT2D eigenvalue weighted by Crippen LogP contribution is 2.32. The van der Waals surface area contributed by atoms with Gasteiger partial charge in [-0.05, 0) is 42.0 Å². The predicted octanol–water partition coefficient (Wildman–Crippen LogP) is 3.36. The van der Waals surface area contributed by atoms with Crippen LogP contribution in [0.2, 0.25) is 0 Å². The van der Waals surface area contributed by atoms with Crippen molar-refractivity contribution in [2.45, 2.75) is 6.54 Å². The van der Waals surface area contributed by atoms with Crippen molar-refractivity contribution in [1.29, 1.82) is 0 Å². The molecule has 1 aliphatic heterocycles. The van der Waals surface area contributed by atoms with Crippen molar-refractivity contribution < 1.29 is 23.8 Å². The number of hydrogen-bond donors (Lipinski definition) is 2. The third kappa shape index (κ3) is 4.70. The SMILES string of the molecule is O=C(COc1ccccc1)Nc1ccccc1C(=O)NCc1ccc2c(c1)OCO2. The highest BCUT2D eigenvalue weighted by atomic mass is 16.7. The maximum Gasteiger partial charge on any atom is 0.262 e.